The van der Waals surface area contributed by atoms with E-state index in [0.717, 1.165) is 25.4 Å². The van der Waals surface area contributed by atoms with E-state index in [1.807, 2.05) is 0 Å². The Kier molecular flexibility index (Phi) is 2.89. The van der Waals surface area contributed by atoms with Crippen LogP contribution in [0.15, 0.2) is 30.3 Å². The van der Waals surface area contributed by atoms with Crippen molar-refractivity contribution in [2.45, 2.75) is 38.1 Å². The second-order valence-corrected chi connectivity index (χ2v) is 5.04. The van der Waals surface area contributed by atoms with Crippen LogP contribution in [-0.4, -0.2) is 11.1 Å². The molecular weight excluding hydrogens is 208 g/mol. The Morgan fingerprint density at radius 2 is 2.06 bits per heavy atom. The first-order valence-electron chi connectivity index (χ1n) is 6.69. The predicted octanol–water partition coefficient (Wildman–Crippen LogP) is 3.26. The van der Waals surface area contributed by atoms with Crippen molar-refractivity contribution in [3.05, 3.63) is 36.0 Å². The summed E-state index contributed by atoms with van der Waals surface area (Å²) in [6.07, 6.45) is 6.26. The summed E-state index contributed by atoms with van der Waals surface area (Å²) in [5, 5.41) is 1.38. The van der Waals surface area contributed by atoms with Gasteiger partial charge in [0, 0.05) is 17.3 Å². The molecule has 0 atom stereocenters. The first-order valence-corrected chi connectivity index (χ1v) is 6.69. The van der Waals surface area contributed by atoms with Crippen LogP contribution in [0.3, 0.4) is 0 Å². The van der Waals surface area contributed by atoms with E-state index in [2.05, 4.69) is 34.9 Å². The van der Waals surface area contributed by atoms with Gasteiger partial charge in [0.25, 0.3) is 0 Å². The van der Waals surface area contributed by atoms with Gasteiger partial charge in [0.2, 0.25) is 0 Å². The van der Waals surface area contributed by atoms with Crippen LogP contribution < -0.4 is 5.73 Å². The lowest BCUT2D eigenvalue weighted by Crippen LogP contribution is -2.19. The van der Waals surface area contributed by atoms with Gasteiger partial charge in [-0.2, -0.15) is 0 Å². The van der Waals surface area contributed by atoms with E-state index >= 15 is 0 Å². The molecule has 1 fully saturated rings. The first-order chi connectivity index (χ1) is 8.40. The third-order valence-electron chi connectivity index (χ3n) is 3.90. The molecule has 0 amide bonds. The Labute approximate surface area is 102 Å². The van der Waals surface area contributed by atoms with Crippen LogP contribution in [0, 0.1) is 0 Å². The van der Waals surface area contributed by atoms with Crippen molar-refractivity contribution in [2.24, 2.45) is 5.73 Å². The normalized spacial score (nSPS) is 16.3. The molecule has 1 aliphatic rings. The minimum absolute atomic E-state index is 0.739. The lowest BCUT2D eigenvalue weighted by Gasteiger charge is -2.30. The van der Waals surface area contributed by atoms with E-state index in [4.69, 9.17) is 5.73 Å². The largest absolute Gasteiger partial charge is 0.342 e. The Bertz CT molecular complexity index is 509. The fourth-order valence-electron chi connectivity index (χ4n) is 2.78. The number of para-hydroxylation sites is 1. The standard InChI is InChI=1S/C15H20N2/c16-10-4-8-14-11-12-5-1-2-9-15(12)17(14)13-6-3-7-13/h1-2,5,9,11,13H,3-4,6-8,10,16H2. The van der Waals surface area contributed by atoms with E-state index in [1.165, 1.54) is 35.9 Å². The summed E-state index contributed by atoms with van der Waals surface area (Å²) >= 11 is 0. The van der Waals surface area contributed by atoms with E-state index in [1.54, 1.807) is 0 Å². The summed E-state index contributed by atoms with van der Waals surface area (Å²) in [5.74, 6) is 0. The average molecular weight is 228 g/mol. The summed E-state index contributed by atoms with van der Waals surface area (Å²) in [6, 6.07) is 11.8. The van der Waals surface area contributed by atoms with Gasteiger partial charge in [0.05, 0.1) is 0 Å². The predicted molar refractivity (Wildman–Crippen MR) is 72.2 cm³/mol. The third kappa shape index (κ3) is 1.87. The van der Waals surface area contributed by atoms with E-state index in [0.29, 0.717) is 0 Å². The number of nitrogens with two attached hydrogens (primary N) is 1. The Morgan fingerprint density at radius 1 is 1.24 bits per heavy atom. The molecule has 90 valence electrons. The third-order valence-corrected chi connectivity index (χ3v) is 3.90. The topological polar surface area (TPSA) is 30.9 Å². The SMILES string of the molecule is NCCCc1cc2ccccc2n1C1CCC1. The molecule has 2 nitrogen and oxygen atoms in total. The van der Waals surface area contributed by atoms with E-state index in [-0.39, 0.29) is 0 Å². The van der Waals surface area contributed by atoms with Crippen molar-refractivity contribution in [1.29, 1.82) is 0 Å². The Hall–Kier alpha value is -1.28. The minimum atomic E-state index is 0.739. The lowest BCUT2D eigenvalue weighted by molar-refractivity contribution is 0.315. The van der Waals surface area contributed by atoms with Crippen LogP contribution in [0.4, 0.5) is 0 Å². The highest BCUT2D eigenvalue weighted by Crippen LogP contribution is 2.36. The molecule has 2 heteroatoms. The summed E-state index contributed by atoms with van der Waals surface area (Å²) < 4.78 is 2.56. The number of aryl methyl sites for hydroxylation is 1. The number of aromatic nitrogens is 1. The van der Waals surface area contributed by atoms with Gasteiger partial charge in [-0.3, -0.25) is 0 Å². The first kappa shape index (κ1) is 10.8. The smallest absolute Gasteiger partial charge is 0.0485 e. The van der Waals surface area contributed by atoms with Gasteiger partial charge >= 0.3 is 0 Å². The average Bonchev–Trinajstić information content (AvgIpc) is 2.64. The second-order valence-electron chi connectivity index (χ2n) is 5.04. The fourth-order valence-corrected chi connectivity index (χ4v) is 2.78. The van der Waals surface area contributed by atoms with E-state index in [9.17, 15) is 0 Å². The van der Waals surface area contributed by atoms with Gasteiger partial charge < -0.3 is 10.3 Å². The molecule has 0 radical (unpaired) electrons. The molecule has 0 unspecified atom stereocenters. The quantitative estimate of drug-likeness (QED) is 0.855. The number of hydrogen-bond acceptors (Lipinski definition) is 1. The number of benzene rings is 1. The van der Waals surface area contributed by atoms with Gasteiger partial charge in [-0.05, 0) is 56.2 Å². The summed E-state index contributed by atoms with van der Waals surface area (Å²) in [7, 11) is 0. The minimum Gasteiger partial charge on any atom is -0.342 e. The highest BCUT2D eigenvalue weighted by Gasteiger charge is 2.22. The molecule has 1 saturated carbocycles. The van der Waals surface area contributed by atoms with Gasteiger partial charge in [0.1, 0.15) is 0 Å². The monoisotopic (exact) mass is 228 g/mol. The molecule has 1 aromatic heterocycles. The van der Waals surface area contributed by atoms with Crippen LogP contribution in [0.1, 0.15) is 37.4 Å². The molecule has 1 aliphatic carbocycles. The molecule has 2 N–H and O–H groups in total. The van der Waals surface area contributed by atoms with Crippen molar-refractivity contribution < 1.29 is 0 Å². The lowest BCUT2D eigenvalue weighted by atomic mass is 9.92. The van der Waals surface area contributed by atoms with Gasteiger partial charge in [-0.15, -0.1) is 0 Å². The highest BCUT2D eigenvalue weighted by atomic mass is 15.0. The molecule has 0 saturated heterocycles. The van der Waals surface area contributed by atoms with Crippen LogP contribution >= 0.6 is 0 Å². The maximum Gasteiger partial charge on any atom is 0.0485 e. The Morgan fingerprint density at radius 3 is 2.76 bits per heavy atom. The van der Waals surface area contributed by atoms with Crippen molar-refractivity contribution in [3.63, 3.8) is 0 Å². The van der Waals surface area contributed by atoms with Gasteiger partial charge in [-0.25, -0.2) is 0 Å². The molecule has 0 aliphatic heterocycles. The zero-order chi connectivity index (χ0) is 11.7. The van der Waals surface area contributed by atoms with Crippen molar-refractivity contribution in [1.82, 2.24) is 4.57 Å². The zero-order valence-corrected chi connectivity index (χ0v) is 10.2. The number of nitrogens with zero attached hydrogens (tertiary/aromatic N) is 1. The van der Waals surface area contributed by atoms with Crippen LogP contribution in [0.2, 0.25) is 0 Å². The van der Waals surface area contributed by atoms with Crippen molar-refractivity contribution in [3.8, 4) is 0 Å². The maximum absolute atomic E-state index is 5.63. The number of rotatable bonds is 4. The molecule has 0 spiro atoms. The van der Waals surface area contributed by atoms with Gasteiger partial charge in [-0.1, -0.05) is 18.2 Å². The van der Waals surface area contributed by atoms with Crippen molar-refractivity contribution in [2.75, 3.05) is 6.54 Å². The molecule has 1 heterocycles. The van der Waals surface area contributed by atoms with Crippen molar-refractivity contribution >= 4 is 10.9 Å². The molecule has 17 heavy (non-hydrogen) atoms. The fraction of sp³-hybridized carbons (Fsp3) is 0.467. The van der Waals surface area contributed by atoms with Crippen LogP contribution in [-0.2, 0) is 6.42 Å². The second kappa shape index (κ2) is 4.53. The molecule has 3 rings (SSSR count). The molecule has 0 bridgehead atoms. The van der Waals surface area contributed by atoms with E-state index < -0.39 is 0 Å². The van der Waals surface area contributed by atoms with Crippen LogP contribution in [0.25, 0.3) is 10.9 Å². The van der Waals surface area contributed by atoms with Crippen LogP contribution in [0.5, 0.6) is 0 Å². The number of fused-ring (bicyclic) bond motifs is 1. The summed E-state index contributed by atoms with van der Waals surface area (Å²) in [6.45, 7) is 0.784. The maximum atomic E-state index is 5.63. The molecule has 1 aromatic carbocycles. The zero-order valence-electron chi connectivity index (χ0n) is 10.2. The molecular formula is C15H20N2. The summed E-state index contributed by atoms with van der Waals surface area (Å²) in [5.41, 5.74) is 8.51. The highest BCUT2D eigenvalue weighted by molar-refractivity contribution is 5.81. The molecule has 2 aromatic rings. The van der Waals surface area contributed by atoms with Gasteiger partial charge in [0.15, 0.2) is 0 Å². The Balaban J connectivity index is 2.05. The number of hydrogen-bond donors (Lipinski definition) is 1. The summed E-state index contributed by atoms with van der Waals surface area (Å²) in [4.78, 5) is 0.